The van der Waals surface area contributed by atoms with E-state index in [4.69, 9.17) is 16.3 Å². The highest BCUT2D eigenvalue weighted by Crippen LogP contribution is 2.34. The maximum atomic E-state index is 12.5. The van der Waals surface area contributed by atoms with Gasteiger partial charge in [0.2, 0.25) is 0 Å². The fraction of sp³-hybridized carbons (Fsp3) is 0.368. The number of rotatable bonds is 4. The van der Waals surface area contributed by atoms with Gasteiger partial charge in [-0.15, -0.1) is 0 Å². The molecule has 2 aliphatic rings. The lowest BCUT2D eigenvalue weighted by Gasteiger charge is -2.38. The third-order valence-corrected chi connectivity index (χ3v) is 5.27. The number of ether oxygens (including phenoxy) is 1. The molecule has 146 valence electrons. The maximum Gasteiger partial charge on any atom is 0.276 e. The number of halogens is 1. The molecule has 0 saturated carbocycles. The Morgan fingerprint density at radius 3 is 3.00 bits per heavy atom. The van der Waals surface area contributed by atoms with Crippen LogP contribution in [-0.4, -0.2) is 51.5 Å². The van der Waals surface area contributed by atoms with Crippen LogP contribution in [0.5, 0.6) is 0 Å². The molecule has 1 fully saturated rings. The first kappa shape index (κ1) is 18.8. The molecule has 1 unspecified atom stereocenters. The van der Waals surface area contributed by atoms with Gasteiger partial charge in [-0.1, -0.05) is 30.7 Å². The summed E-state index contributed by atoms with van der Waals surface area (Å²) in [7, 11) is 0. The zero-order valence-corrected chi connectivity index (χ0v) is 16.2. The van der Waals surface area contributed by atoms with Crippen LogP contribution in [-0.2, 0) is 4.74 Å². The van der Waals surface area contributed by atoms with Gasteiger partial charge in [-0.05, 0) is 18.6 Å². The molecule has 4 rings (SSSR count). The standard InChI is InChI=1S/C19H21ClN6O2/c1-19(15-12-21-9-11-28-15)5-2-13(3-6-19)24-18(27)14-4-10-26(25-14)17-16(20)22-7-8-23-17/h2-5,7-8,10,15,21H,6,9,11-12H2,1H3,(H,24,27)/t15-,19?/m1/s1. The van der Waals surface area contributed by atoms with Crippen LogP contribution in [0.2, 0.25) is 5.15 Å². The fourth-order valence-corrected chi connectivity index (χ4v) is 3.48. The predicted molar refractivity (Wildman–Crippen MR) is 104 cm³/mol. The maximum absolute atomic E-state index is 12.5. The second-order valence-electron chi connectivity index (χ2n) is 7.04. The normalized spacial score (nSPS) is 24.6. The monoisotopic (exact) mass is 400 g/mol. The van der Waals surface area contributed by atoms with E-state index >= 15 is 0 Å². The molecule has 2 aromatic rings. The summed E-state index contributed by atoms with van der Waals surface area (Å²) < 4.78 is 7.33. The minimum Gasteiger partial charge on any atom is -0.375 e. The number of amides is 1. The number of carbonyl (C=O) groups excluding carboxylic acids is 1. The van der Waals surface area contributed by atoms with Crippen molar-refractivity contribution in [2.45, 2.75) is 19.4 Å². The summed E-state index contributed by atoms with van der Waals surface area (Å²) in [6, 6.07) is 1.61. The number of nitrogens with zero attached hydrogens (tertiary/aromatic N) is 4. The molecule has 28 heavy (non-hydrogen) atoms. The van der Waals surface area contributed by atoms with Crippen molar-refractivity contribution in [2.24, 2.45) is 5.41 Å². The summed E-state index contributed by atoms with van der Waals surface area (Å²) in [6.45, 7) is 4.61. The van der Waals surface area contributed by atoms with Crippen LogP contribution >= 0.6 is 11.6 Å². The van der Waals surface area contributed by atoms with Gasteiger partial charge >= 0.3 is 0 Å². The van der Waals surface area contributed by atoms with Gasteiger partial charge in [0, 0.05) is 42.8 Å². The van der Waals surface area contributed by atoms with E-state index in [0.29, 0.717) is 5.82 Å². The van der Waals surface area contributed by atoms with Crippen LogP contribution in [0.15, 0.2) is 48.6 Å². The largest absolute Gasteiger partial charge is 0.375 e. The third kappa shape index (κ3) is 3.84. The van der Waals surface area contributed by atoms with E-state index in [1.807, 2.05) is 12.2 Å². The molecule has 2 aromatic heterocycles. The lowest BCUT2D eigenvalue weighted by atomic mass is 9.77. The first-order valence-electron chi connectivity index (χ1n) is 9.11. The van der Waals surface area contributed by atoms with Gasteiger partial charge < -0.3 is 15.4 Å². The van der Waals surface area contributed by atoms with Crippen LogP contribution < -0.4 is 10.6 Å². The number of hydrogen-bond donors (Lipinski definition) is 2. The van der Waals surface area contributed by atoms with Crippen LogP contribution in [0, 0.1) is 5.41 Å². The van der Waals surface area contributed by atoms with Crippen molar-refractivity contribution in [3.05, 3.63) is 59.4 Å². The lowest BCUT2D eigenvalue weighted by molar-refractivity contribution is -0.0312. The summed E-state index contributed by atoms with van der Waals surface area (Å²) in [4.78, 5) is 20.6. The van der Waals surface area contributed by atoms with Crippen LogP contribution in [0.4, 0.5) is 0 Å². The molecule has 0 radical (unpaired) electrons. The molecule has 9 heteroatoms. The number of morpholine rings is 1. The minimum absolute atomic E-state index is 0.0913. The van der Waals surface area contributed by atoms with Crippen molar-refractivity contribution >= 4 is 17.5 Å². The fourth-order valence-electron chi connectivity index (χ4n) is 3.29. The van der Waals surface area contributed by atoms with Gasteiger partial charge in [0.25, 0.3) is 5.91 Å². The number of hydrogen-bond acceptors (Lipinski definition) is 6. The molecule has 1 aliphatic carbocycles. The van der Waals surface area contributed by atoms with Gasteiger partial charge in [-0.25, -0.2) is 14.6 Å². The van der Waals surface area contributed by atoms with Gasteiger partial charge in [-0.2, -0.15) is 5.10 Å². The molecule has 1 amide bonds. The molecule has 3 heterocycles. The second-order valence-corrected chi connectivity index (χ2v) is 7.39. The average Bonchev–Trinajstić information content (AvgIpc) is 3.21. The van der Waals surface area contributed by atoms with Crippen LogP contribution in [0.25, 0.3) is 5.82 Å². The number of aromatic nitrogens is 4. The molecule has 2 N–H and O–H groups in total. The van der Waals surface area contributed by atoms with E-state index in [-0.39, 0.29) is 28.3 Å². The Balaban J connectivity index is 1.41. The Morgan fingerprint density at radius 1 is 1.43 bits per heavy atom. The molecular formula is C19H21ClN6O2. The Morgan fingerprint density at radius 2 is 2.29 bits per heavy atom. The van der Waals surface area contributed by atoms with Gasteiger partial charge in [0.05, 0.1) is 12.7 Å². The Kier molecular flexibility index (Phi) is 5.25. The van der Waals surface area contributed by atoms with E-state index < -0.39 is 0 Å². The molecule has 0 bridgehead atoms. The Bertz CT molecular complexity index is 934. The van der Waals surface area contributed by atoms with E-state index in [1.165, 1.54) is 17.1 Å². The molecule has 0 spiro atoms. The summed E-state index contributed by atoms with van der Waals surface area (Å²) in [6.07, 6.45) is 11.6. The molecule has 2 atom stereocenters. The average molecular weight is 401 g/mol. The summed E-state index contributed by atoms with van der Waals surface area (Å²) in [5, 5.41) is 10.7. The van der Waals surface area contributed by atoms with Crippen molar-refractivity contribution in [3.63, 3.8) is 0 Å². The molecule has 1 saturated heterocycles. The van der Waals surface area contributed by atoms with Crippen LogP contribution in [0.3, 0.4) is 0 Å². The Labute approximate surface area is 167 Å². The first-order chi connectivity index (χ1) is 13.5. The Hall–Kier alpha value is -2.55. The topological polar surface area (TPSA) is 94.0 Å². The van der Waals surface area contributed by atoms with E-state index in [2.05, 4.69) is 38.7 Å². The summed E-state index contributed by atoms with van der Waals surface area (Å²) >= 11 is 6.03. The van der Waals surface area contributed by atoms with E-state index in [1.54, 1.807) is 12.3 Å². The molecule has 1 aliphatic heterocycles. The highest BCUT2D eigenvalue weighted by Gasteiger charge is 2.34. The minimum atomic E-state index is -0.297. The quantitative estimate of drug-likeness (QED) is 0.813. The molecule has 8 nitrogen and oxygen atoms in total. The van der Waals surface area contributed by atoms with Crippen molar-refractivity contribution < 1.29 is 9.53 Å². The van der Waals surface area contributed by atoms with Crippen molar-refractivity contribution in [1.82, 2.24) is 30.4 Å². The number of carbonyl (C=O) groups is 1. The second kappa shape index (κ2) is 7.83. The third-order valence-electron chi connectivity index (χ3n) is 5.00. The molecule has 0 aromatic carbocycles. The van der Waals surface area contributed by atoms with Gasteiger partial charge in [-0.3, -0.25) is 4.79 Å². The number of nitrogens with one attached hydrogen (secondary N) is 2. The summed E-state index contributed by atoms with van der Waals surface area (Å²) in [5.41, 5.74) is 0.925. The first-order valence-corrected chi connectivity index (χ1v) is 9.49. The van der Waals surface area contributed by atoms with Gasteiger partial charge in [0.1, 0.15) is 0 Å². The van der Waals surface area contributed by atoms with Crippen LogP contribution in [0.1, 0.15) is 23.8 Å². The number of allylic oxidation sites excluding steroid dienone is 2. The highest BCUT2D eigenvalue weighted by atomic mass is 35.5. The molecular weight excluding hydrogens is 380 g/mol. The van der Waals surface area contributed by atoms with Crippen molar-refractivity contribution in [2.75, 3.05) is 19.7 Å². The lowest BCUT2D eigenvalue weighted by Crippen LogP contribution is -2.47. The summed E-state index contributed by atoms with van der Waals surface area (Å²) in [5.74, 6) is 0.0747. The van der Waals surface area contributed by atoms with Crippen molar-refractivity contribution in [3.8, 4) is 5.82 Å². The predicted octanol–water partition coefficient (Wildman–Crippen LogP) is 1.88. The SMILES string of the molecule is CC1([C@H]2CNCCO2)C=CC(NC(=O)c2ccn(-c3nccnc3Cl)n2)=CC1. The zero-order chi connectivity index (χ0) is 19.6. The zero-order valence-electron chi connectivity index (χ0n) is 15.4. The van der Waals surface area contributed by atoms with Gasteiger partial charge in [0.15, 0.2) is 16.7 Å². The van der Waals surface area contributed by atoms with E-state index in [0.717, 1.165) is 31.8 Å². The smallest absolute Gasteiger partial charge is 0.276 e. The van der Waals surface area contributed by atoms with E-state index in [9.17, 15) is 4.79 Å². The highest BCUT2D eigenvalue weighted by molar-refractivity contribution is 6.30. The van der Waals surface area contributed by atoms with Crippen molar-refractivity contribution in [1.29, 1.82) is 0 Å².